The number of hydrogen-bond acceptors (Lipinski definition) is 3. The number of ether oxygens (including phenoxy) is 2. The molecule has 0 fully saturated rings. The van der Waals surface area contributed by atoms with Crippen LogP contribution in [0, 0.1) is 5.82 Å². The summed E-state index contributed by atoms with van der Waals surface area (Å²) in [6.45, 7) is 3.11. The molecule has 3 nitrogen and oxygen atoms in total. The summed E-state index contributed by atoms with van der Waals surface area (Å²) in [5.74, 6) is 0.945. The summed E-state index contributed by atoms with van der Waals surface area (Å²) in [7, 11) is 0. The number of nitrogens with two attached hydrogens (primary N) is 1. The normalized spacial score (nSPS) is 10.5. The van der Waals surface area contributed by atoms with Gasteiger partial charge in [-0.2, -0.15) is 0 Å². The molecule has 0 saturated heterocycles. The van der Waals surface area contributed by atoms with E-state index in [1.54, 1.807) is 6.07 Å². The molecule has 0 bridgehead atoms. The van der Waals surface area contributed by atoms with Crippen molar-refractivity contribution in [1.29, 1.82) is 0 Å². The van der Waals surface area contributed by atoms with Gasteiger partial charge in [0, 0.05) is 6.54 Å². The molecule has 0 aromatic heterocycles. The van der Waals surface area contributed by atoms with E-state index in [4.69, 9.17) is 15.2 Å². The highest BCUT2D eigenvalue weighted by atomic mass is 79.9. The maximum Gasteiger partial charge on any atom is 0.175 e. The van der Waals surface area contributed by atoms with E-state index in [0.717, 1.165) is 15.6 Å². The summed E-state index contributed by atoms with van der Waals surface area (Å²) in [5, 5.41) is 0. The maximum atomic E-state index is 13.2. The molecule has 2 rings (SSSR count). The number of benzene rings is 2. The molecule has 0 aliphatic heterocycles. The van der Waals surface area contributed by atoms with Gasteiger partial charge in [0.05, 0.1) is 11.1 Å². The van der Waals surface area contributed by atoms with Crippen LogP contribution < -0.4 is 15.2 Å². The molecule has 5 heteroatoms. The summed E-state index contributed by atoms with van der Waals surface area (Å²) < 4.78 is 25.3. The van der Waals surface area contributed by atoms with E-state index in [1.165, 1.54) is 12.1 Å². The Labute approximate surface area is 132 Å². The van der Waals surface area contributed by atoms with Crippen LogP contribution in [0.5, 0.6) is 11.5 Å². The van der Waals surface area contributed by atoms with E-state index in [-0.39, 0.29) is 12.4 Å². The van der Waals surface area contributed by atoms with Crippen LogP contribution in [-0.2, 0) is 13.2 Å². The monoisotopic (exact) mass is 353 g/mol. The van der Waals surface area contributed by atoms with Gasteiger partial charge in [0.25, 0.3) is 0 Å². The summed E-state index contributed by atoms with van der Waals surface area (Å²) in [6, 6.07) is 10.1. The minimum absolute atomic E-state index is 0.262. The predicted octanol–water partition coefficient (Wildman–Crippen LogP) is 4.02. The Morgan fingerprint density at radius 3 is 2.62 bits per heavy atom. The van der Waals surface area contributed by atoms with Crippen molar-refractivity contribution in [3.63, 3.8) is 0 Å². The Hall–Kier alpha value is -1.59. The van der Waals surface area contributed by atoms with E-state index < -0.39 is 0 Å². The molecular formula is C16H17BrFNO2. The maximum absolute atomic E-state index is 13.2. The van der Waals surface area contributed by atoms with Gasteiger partial charge >= 0.3 is 0 Å². The Morgan fingerprint density at radius 1 is 1.14 bits per heavy atom. The van der Waals surface area contributed by atoms with Gasteiger partial charge in [0.1, 0.15) is 12.4 Å². The standard InChI is InChI=1S/C16H17BrFNO2/c1-2-20-15-8-12(9-19)7-14(17)16(15)21-10-11-4-3-5-13(18)6-11/h3-8H,2,9-10,19H2,1H3. The van der Waals surface area contributed by atoms with Crippen LogP contribution in [0.1, 0.15) is 18.1 Å². The van der Waals surface area contributed by atoms with Crippen molar-refractivity contribution in [3.05, 3.63) is 57.8 Å². The fourth-order valence-electron chi connectivity index (χ4n) is 1.92. The first kappa shape index (κ1) is 15.8. The molecule has 2 aromatic carbocycles. The summed E-state index contributed by atoms with van der Waals surface area (Å²) >= 11 is 3.46. The van der Waals surface area contributed by atoms with E-state index in [0.29, 0.717) is 24.7 Å². The van der Waals surface area contributed by atoms with Crippen molar-refractivity contribution in [2.24, 2.45) is 5.73 Å². The average Bonchev–Trinajstić information content (AvgIpc) is 2.46. The van der Waals surface area contributed by atoms with E-state index >= 15 is 0 Å². The molecular weight excluding hydrogens is 337 g/mol. The van der Waals surface area contributed by atoms with Gasteiger partial charge in [-0.1, -0.05) is 12.1 Å². The topological polar surface area (TPSA) is 44.5 Å². The zero-order valence-corrected chi connectivity index (χ0v) is 13.3. The Kier molecular flexibility index (Phi) is 5.59. The zero-order chi connectivity index (χ0) is 15.2. The van der Waals surface area contributed by atoms with Gasteiger partial charge in [0.2, 0.25) is 0 Å². The summed E-state index contributed by atoms with van der Waals surface area (Å²) in [6.07, 6.45) is 0. The quantitative estimate of drug-likeness (QED) is 0.852. The lowest BCUT2D eigenvalue weighted by Gasteiger charge is -2.15. The molecule has 0 aliphatic carbocycles. The third kappa shape index (κ3) is 4.19. The molecule has 0 saturated carbocycles. The lowest BCUT2D eigenvalue weighted by atomic mass is 10.2. The highest BCUT2D eigenvalue weighted by Crippen LogP contribution is 2.37. The van der Waals surface area contributed by atoms with Crippen LogP contribution in [-0.4, -0.2) is 6.61 Å². The molecule has 0 heterocycles. The van der Waals surface area contributed by atoms with Crippen molar-refractivity contribution >= 4 is 15.9 Å². The van der Waals surface area contributed by atoms with Gasteiger partial charge < -0.3 is 15.2 Å². The van der Waals surface area contributed by atoms with Gasteiger partial charge in [-0.05, 0) is 58.2 Å². The van der Waals surface area contributed by atoms with Crippen LogP contribution in [0.25, 0.3) is 0 Å². The van der Waals surface area contributed by atoms with Crippen LogP contribution in [0.2, 0.25) is 0 Å². The van der Waals surface area contributed by atoms with Crippen molar-refractivity contribution < 1.29 is 13.9 Å². The van der Waals surface area contributed by atoms with Crippen LogP contribution in [0.3, 0.4) is 0 Å². The second-order valence-electron chi connectivity index (χ2n) is 4.46. The van der Waals surface area contributed by atoms with Crippen molar-refractivity contribution in [2.45, 2.75) is 20.1 Å². The Bertz CT molecular complexity index is 619. The molecule has 0 unspecified atom stereocenters. The molecule has 0 radical (unpaired) electrons. The molecule has 2 N–H and O–H groups in total. The molecule has 0 aliphatic rings. The van der Waals surface area contributed by atoms with Crippen molar-refractivity contribution in [2.75, 3.05) is 6.61 Å². The van der Waals surface area contributed by atoms with Gasteiger partial charge in [-0.15, -0.1) is 0 Å². The molecule has 0 amide bonds. The Balaban J connectivity index is 2.22. The molecule has 0 spiro atoms. The van der Waals surface area contributed by atoms with E-state index in [2.05, 4.69) is 15.9 Å². The van der Waals surface area contributed by atoms with Gasteiger partial charge in [-0.3, -0.25) is 0 Å². The first-order chi connectivity index (χ1) is 10.1. The largest absolute Gasteiger partial charge is 0.490 e. The highest BCUT2D eigenvalue weighted by Gasteiger charge is 2.12. The molecule has 0 atom stereocenters. The molecule has 112 valence electrons. The van der Waals surface area contributed by atoms with Crippen LogP contribution in [0.15, 0.2) is 40.9 Å². The van der Waals surface area contributed by atoms with Crippen molar-refractivity contribution in [3.8, 4) is 11.5 Å². The van der Waals surface area contributed by atoms with Gasteiger partial charge in [-0.25, -0.2) is 4.39 Å². The summed E-state index contributed by atoms with van der Waals surface area (Å²) in [4.78, 5) is 0. The first-order valence-corrected chi connectivity index (χ1v) is 7.46. The van der Waals surface area contributed by atoms with Gasteiger partial charge in [0.15, 0.2) is 11.5 Å². The third-order valence-corrected chi connectivity index (χ3v) is 3.47. The molecule has 21 heavy (non-hydrogen) atoms. The average molecular weight is 354 g/mol. The van der Waals surface area contributed by atoms with Crippen LogP contribution in [0.4, 0.5) is 4.39 Å². The third-order valence-electron chi connectivity index (χ3n) is 2.88. The fourth-order valence-corrected chi connectivity index (χ4v) is 2.53. The van der Waals surface area contributed by atoms with Crippen LogP contribution >= 0.6 is 15.9 Å². The minimum atomic E-state index is -0.279. The predicted molar refractivity (Wildman–Crippen MR) is 83.9 cm³/mol. The minimum Gasteiger partial charge on any atom is -0.490 e. The lowest BCUT2D eigenvalue weighted by molar-refractivity contribution is 0.267. The fraction of sp³-hybridized carbons (Fsp3) is 0.250. The SMILES string of the molecule is CCOc1cc(CN)cc(Br)c1OCc1cccc(F)c1. The number of rotatable bonds is 6. The zero-order valence-electron chi connectivity index (χ0n) is 11.7. The second-order valence-corrected chi connectivity index (χ2v) is 5.31. The van der Waals surface area contributed by atoms with E-state index in [9.17, 15) is 4.39 Å². The molecule has 2 aromatic rings. The number of hydrogen-bond donors (Lipinski definition) is 1. The van der Waals surface area contributed by atoms with Crippen molar-refractivity contribution in [1.82, 2.24) is 0 Å². The second kappa shape index (κ2) is 7.43. The first-order valence-electron chi connectivity index (χ1n) is 6.66. The highest BCUT2D eigenvalue weighted by molar-refractivity contribution is 9.10. The smallest absolute Gasteiger partial charge is 0.175 e. The Morgan fingerprint density at radius 2 is 1.95 bits per heavy atom. The number of halogens is 2. The van der Waals surface area contributed by atoms with E-state index in [1.807, 2.05) is 25.1 Å². The summed E-state index contributed by atoms with van der Waals surface area (Å²) in [5.41, 5.74) is 7.36. The lowest BCUT2D eigenvalue weighted by Crippen LogP contribution is -2.03.